The van der Waals surface area contributed by atoms with Gasteiger partial charge in [-0.3, -0.25) is 9.59 Å². The van der Waals surface area contributed by atoms with Crippen LogP contribution < -0.4 is 11.2 Å². The second-order valence-electron chi connectivity index (χ2n) is 6.33. The van der Waals surface area contributed by atoms with Crippen LogP contribution in [0.3, 0.4) is 0 Å². The minimum Gasteiger partial charge on any atom is -0.337 e. The molecule has 8 heteroatoms. The maximum Gasteiger partial charge on any atom is 0.278 e. The summed E-state index contributed by atoms with van der Waals surface area (Å²) in [5.74, 6) is -0.473. The number of carbonyl (C=O) groups excluding carboxylic acids is 1. The van der Waals surface area contributed by atoms with Crippen molar-refractivity contribution in [2.75, 3.05) is 19.6 Å². The van der Waals surface area contributed by atoms with E-state index in [1.807, 2.05) is 0 Å². The van der Waals surface area contributed by atoms with Crippen LogP contribution >= 0.6 is 12.4 Å². The Hall–Kier alpha value is -2.25. The van der Waals surface area contributed by atoms with E-state index in [2.05, 4.69) is 5.10 Å². The summed E-state index contributed by atoms with van der Waals surface area (Å²) in [5, 5.41) is 4.17. The molecule has 3 rings (SSSR count). The highest BCUT2D eigenvalue weighted by atomic mass is 35.5. The van der Waals surface area contributed by atoms with Crippen molar-refractivity contribution in [1.29, 1.82) is 0 Å². The van der Waals surface area contributed by atoms with E-state index in [0.717, 1.165) is 12.8 Å². The Morgan fingerprint density at radius 3 is 2.58 bits per heavy atom. The van der Waals surface area contributed by atoms with Crippen molar-refractivity contribution in [3.63, 3.8) is 0 Å². The summed E-state index contributed by atoms with van der Waals surface area (Å²) < 4.78 is 15.4. The van der Waals surface area contributed by atoms with Gasteiger partial charge < -0.3 is 10.6 Å². The standard InChI is InChI=1S/C18H21FN4O2.ClH/c1-12-10-16(24)17(18(25)22-8-6-13(11-20)7-9-22)21-23(12)15-5-3-2-4-14(15)19;/h2-5,10,13H,6-9,11,20H2,1H3;1H. The lowest BCUT2D eigenvalue weighted by molar-refractivity contribution is 0.0684. The van der Waals surface area contributed by atoms with Crippen molar-refractivity contribution >= 4 is 18.3 Å². The molecule has 6 nitrogen and oxygen atoms in total. The van der Waals surface area contributed by atoms with Gasteiger partial charge in [-0.2, -0.15) is 5.10 Å². The highest BCUT2D eigenvalue weighted by Gasteiger charge is 2.26. The number of halogens is 2. The third kappa shape index (κ3) is 3.94. The number of likely N-dealkylation sites (tertiary alicyclic amines) is 1. The summed E-state index contributed by atoms with van der Waals surface area (Å²) in [7, 11) is 0. The number of hydrogen-bond acceptors (Lipinski definition) is 4. The molecule has 0 spiro atoms. The summed E-state index contributed by atoms with van der Waals surface area (Å²) in [4.78, 5) is 26.6. The van der Waals surface area contributed by atoms with Gasteiger partial charge in [0.1, 0.15) is 11.5 Å². The van der Waals surface area contributed by atoms with Crippen molar-refractivity contribution in [2.45, 2.75) is 19.8 Å². The number of aromatic nitrogens is 2. The molecule has 1 fully saturated rings. The third-order valence-electron chi connectivity index (χ3n) is 4.63. The van der Waals surface area contributed by atoms with Crippen LogP contribution in [0.25, 0.3) is 5.69 Å². The molecule has 2 aromatic rings. The van der Waals surface area contributed by atoms with Crippen molar-refractivity contribution < 1.29 is 9.18 Å². The van der Waals surface area contributed by atoms with Crippen LogP contribution in [0.15, 0.2) is 35.1 Å². The molecule has 1 aromatic carbocycles. The fraction of sp³-hybridized carbons (Fsp3) is 0.389. The number of rotatable bonds is 3. The van der Waals surface area contributed by atoms with E-state index in [1.165, 1.54) is 16.8 Å². The van der Waals surface area contributed by atoms with Crippen LogP contribution in [-0.2, 0) is 0 Å². The molecule has 1 amide bonds. The first-order valence-corrected chi connectivity index (χ1v) is 8.36. The van der Waals surface area contributed by atoms with Crippen LogP contribution in [0.4, 0.5) is 4.39 Å². The average Bonchev–Trinajstić information content (AvgIpc) is 2.62. The highest BCUT2D eigenvalue weighted by molar-refractivity contribution is 5.92. The van der Waals surface area contributed by atoms with Gasteiger partial charge in [0.25, 0.3) is 5.91 Å². The Bertz CT molecular complexity index is 847. The molecular formula is C18H22ClFN4O2. The number of aryl methyl sites for hydroxylation is 1. The number of nitrogens with two attached hydrogens (primary N) is 1. The molecule has 2 N–H and O–H groups in total. The summed E-state index contributed by atoms with van der Waals surface area (Å²) in [6.45, 7) is 3.36. The maximum absolute atomic E-state index is 14.1. The average molecular weight is 381 g/mol. The van der Waals surface area contributed by atoms with E-state index in [9.17, 15) is 14.0 Å². The molecule has 0 atom stereocenters. The van der Waals surface area contributed by atoms with E-state index in [4.69, 9.17) is 5.73 Å². The van der Waals surface area contributed by atoms with E-state index >= 15 is 0 Å². The van der Waals surface area contributed by atoms with Crippen molar-refractivity contribution in [3.05, 3.63) is 57.8 Å². The monoisotopic (exact) mass is 380 g/mol. The zero-order chi connectivity index (χ0) is 18.0. The largest absolute Gasteiger partial charge is 0.337 e. The molecule has 0 saturated carbocycles. The molecular weight excluding hydrogens is 359 g/mol. The number of piperidine rings is 1. The second kappa shape index (κ2) is 8.42. The Balaban J connectivity index is 0.00000243. The summed E-state index contributed by atoms with van der Waals surface area (Å²) in [6, 6.07) is 7.44. The number of carbonyl (C=O) groups is 1. The topological polar surface area (TPSA) is 81.2 Å². The number of para-hydroxylation sites is 1. The van der Waals surface area contributed by atoms with Gasteiger partial charge in [0.05, 0.1) is 0 Å². The molecule has 0 unspecified atom stereocenters. The molecule has 0 radical (unpaired) electrons. The Morgan fingerprint density at radius 2 is 1.96 bits per heavy atom. The van der Waals surface area contributed by atoms with Crippen LogP contribution in [0.1, 0.15) is 29.0 Å². The van der Waals surface area contributed by atoms with Gasteiger partial charge in [-0.05, 0) is 44.4 Å². The van der Waals surface area contributed by atoms with Crippen LogP contribution in [0, 0.1) is 18.7 Å². The molecule has 1 aliphatic rings. The zero-order valence-electron chi connectivity index (χ0n) is 14.5. The fourth-order valence-corrected chi connectivity index (χ4v) is 3.08. The lowest BCUT2D eigenvalue weighted by Gasteiger charge is -2.31. The zero-order valence-corrected chi connectivity index (χ0v) is 15.3. The Kier molecular flexibility index (Phi) is 6.50. The Morgan fingerprint density at radius 1 is 1.31 bits per heavy atom. The van der Waals surface area contributed by atoms with Crippen LogP contribution in [0.5, 0.6) is 0 Å². The number of amides is 1. The van der Waals surface area contributed by atoms with Crippen LogP contribution in [-0.4, -0.2) is 40.2 Å². The summed E-state index contributed by atoms with van der Waals surface area (Å²) in [5.41, 5.74) is 5.71. The summed E-state index contributed by atoms with van der Waals surface area (Å²) >= 11 is 0. The predicted octanol–water partition coefficient (Wildman–Crippen LogP) is 1.91. The van der Waals surface area contributed by atoms with E-state index in [-0.39, 0.29) is 23.8 Å². The van der Waals surface area contributed by atoms with E-state index in [0.29, 0.717) is 31.2 Å². The number of benzene rings is 1. The quantitative estimate of drug-likeness (QED) is 0.881. The molecule has 2 heterocycles. The molecule has 140 valence electrons. The number of hydrogen-bond donors (Lipinski definition) is 1. The predicted molar refractivity (Wildman–Crippen MR) is 99.5 cm³/mol. The molecule has 1 saturated heterocycles. The molecule has 26 heavy (non-hydrogen) atoms. The first kappa shape index (κ1) is 20.1. The normalized spacial score (nSPS) is 14.8. The summed E-state index contributed by atoms with van der Waals surface area (Å²) in [6.07, 6.45) is 1.63. The van der Waals surface area contributed by atoms with Gasteiger partial charge in [0.2, 0.25) is 5.43 Å². The Labute approximate surface area is 157 Å². The minimum atomic E-state index is -0.469. The highest BCUT2D eigenvalue weighted by Crippen LogP contribution is 2.18. The first-order chi connectivity index (χ1) is 12.0. The second-order valence-corrected chi connectivity index (χ2v) is 6.33. The molecule has 0 bridgehead atoms. The smallest absolute Gasteiger partial charge is 0.278 e. The fourth-order valence-electron chi connectivity index (χ4n) is 3.08. The van der Waals surface area contributed by atoms with Gasteiger partial charge >= 0.3 is 0 Å². The van der Waals surface area contributed by atoms with Gasteiger partial charge in [0.15, 0.2) is 5.69 Å². The lowest BCUT2D eigenvalue weighted by Crippen LogP contribution is -2.42. The van der Waals surface area contributed by atoms with Gasteiger partial charge in [-0.15, -0.1) is 12.4 Å². The molecule has 1 aliphatic heterocycles. The van der Waals surface area contributed by atoms with Gasteiger partial charge in [-0.25, -0.2) is 9.07 Å². The number of nitrogens with zero attached hydrogens (tertiary/aromatic N) is 3. The van der Waals surface area contributed by atoms with Gasteiger partial charge in [0, 0.05) is 24.8 Å². The van der Waals surface area contributed by atoms with Crippen molar-refractivity contribution in [3.8, 4) is 5.69 Å². The molecule has 1 aromatic heterocycles. The molecule has 0 aliphatic carbocycles. The van der Waals surface area contributed by atoms with E-state index in [1.54, 1.807) is 30.0 Å². The van der Waals surface area contributed by atoms with Crippen molar-refractivity contribution in [2.24, 2.45) is 11.7 Å². The lowest BCUT2D eigenvalue weighted by atomic mass is 9.97. The SMILES string of the molecule is Cc1cc(=O)c(C(=O)N2CCC(CN)CC2)nn1-c1ccccc1F.Cl. The third-order valence-corrected chi connectivity index (χ3v) is 4.63. The first-order valence-electron chi connectivity index (χ1n) is 8.36. The van der Waals surface area contributed by atoms with Crippen molar-refractivity contribution in [1.82, 2.24) is 14.7 Å². The maximum atomic E-state index is 14.1. The van der Waals surface area contributed by atoms with Gasteiger partial charge in [-0.1, -0.05) is 12.1 Å². The van der Waals surface area contributed by atoms with Crippen LogP contribution in [0.2, 0.25) is 0 Å². The van der Waals surface area contributed by atoms with E-state index < -0.39 is 17.2 Å². The minimum absolute atomic E-state index is 0.